The molecule has 0 spiro atoms. The minimum Gasteiger partial charge on any atom is -0.493 e. The number of carbonyl (C=O) groups excluding carboxylic acids is 1. The van der Waals surface area contributed by atoms with Gasteiger partial charge in [-0.05, 0) is 30.0 Å². The number of fused-ring (bicyclic) bond motifs is 1. The Morgan fingerprint density at radius 2 is 2.30 bits per heavy atom. The molecule has 1 aliphatic heterocycles. The van der Waals surface area contributed by atoms with Crippen molar-refractivity contribution in [3.63, 3.8) is 0 Å². The molecule has 4 rings (SSSR count). The van der Waals surface area contributed by atoms with Crippen molar-refractivity contribution in [3.05, 3.63) is 51.4 Å². The second-order valence-electron chi connectivity index (χ2n) is 5.46. The van der Waals surface area contributed by atoms with Gasteiger partial charge in [0.2, 0.25) is 0 Å². The van der Waals surface area contributed by atoms with Gasteiger partial charge in [0.05, 0.1) is 13.2 Å². The van der Waals surface area contributed by atoms with Crippen LogP contribution in [0.5, 0.6) is 5.75 Å². The summed E-state index contributed by atoms with van der Waals surface area (Å²) >= 11 is 7.74. The van der Waals surface area contributed by atoms with E-state index in [1.165, 1.54) is 4.88 Å². The van der Waals surface area contributed by atoms with Gasteiger partial charge in [-0.3, -0.25) is 4.79 Å². The first kappa shape index (κ1) is 14.6. The van der Waals surface area contributed by atoms with Gasteiger partial charge < -0.3 is 14.1 Å². The molecule has 1 unspecified atom stereocenters. The smallest absolute Gasteiger partial charge is 0.290 e. The highest BCUT2D eigenvalue weighted by molar-refractivity contribution is 7.10. The van der Waals surface area contributed by atoms with Crippen molar-refractivity contribution < 1.29 is 13.9 Å². The Bertz CT molecular complexity index is 871. The predicted molar refractivity (Wildman–Crippen MR) is 90.5 cm³/mol. The van der Waals surface area contributed by atoms with E-state index in [4.69, 9.17) is 20.8 Å². The Morgan fingerprint density at radius 3 is 2.96 bits per heavy atom. The molecule has 23 heavy (non-hydrogen) atoms. The molecular weight excluding hydrogens is 334 g/mol. The topological polar surface area (TPSA) is 42.7 Å². The van der Waals surface area contributed by atoms with Crippen LogP contribution in [0.4, 0.5) is 0 Å². The third-order valence-electron chi connectivity index (χ3n) is 4.13. The number of amides is 1. The maximum Gasteiger partial charge on any atom is 0.290 e. The highest BCUT2D eigenvalue weighted by atomic mass is 35.5. The number of rotatable bonds is 3. The number of halogens is 1. The zero-order chi connectivity index (χ0) is 16.0. The molecule has 0 saturated carbocycles. The second kappa shape index (κ2) is 5.58. The number of ether oxygens (including phenoxy) is 1. The average molecular weight is 348 g/mol. The first-order valence-electron chi connectivity index (χ1n) is 7.29. The van der Waals surface area contributed by atoms with Crippen molar-refractivity contribution in [1.82, 2.24) is 4.90 Å². The number of nitrogens with zero attached hydrogens (tertiary/aromatic N) is 1. The SMILES string of the molecule is COc1cc(Cl)cc2cc(C(=O)N3CCC3c3cccs3)oc12. The molecule has 1 atom stereocenters. The fourth-order valence-corrected chi connectivity index (χ4v) is 3.98. The van der Waals surface area contributed by atoms with Crippen LogP contribution in [-0.4, -0.2) is 24.5 Å². The molecule has 0 radical (unpaired) electrons. The molecule has 0 aliphatic carbocycles. The lowest BCUT2D eigenvalue weighted by Crippen LogP contribution is -2.44. The maximum absolute atomic E-state index is 12.7. The Labute approximate surface area is 142 Å². The number of carbonyl (C=O) groups is 1. The summed E-state index contributed by atoms with van der Waals surface area (Å²) in [4.78, 5) is 15.8. The first-order chi connectivity index (χ1) is 11.2. The summed E-state index contributed by atoms with van der Waals surface area (Å²) in [6, 6.07) is 9.41. The maximum atomic E-state index is 12.7. The summed E-state index contributed by atoms with van der Waals surface area (Å²) in [6.45, 7) is 0.746. The van der Waals surface area contributed by atoms with E-state index in [9.17, 15) is 4.79 Å². The quantitative estimate of drug-likeness (QED) is 0.687. The van der Waals surface area contributed by atoms with Gasteiger partial charge in [0, 0.05) is 27.9 Å². The van der Waals surface area contributed by atoms with E-state index in [1.54, 1.807) is 36.6 Å². The summed E-state index contributed by atoms with van der Waals surface area (Å²) in [5.74, 6) is 0.760. The normalized spacial score (nSPS) is 17.3. The Hall–Kier alpha value is -1.98. The Balaban J connectivity index is 1.68. The first-order valence-corrected chi connectivity index (χ1v) is 8.54. The largest absolute Gasteiger partial charge is 0.493 e. The second-order valence-corrected chi connectivity index (χ2v) is 6.87. The predicted octanol–water partition coefficient (Wildman–Crippen LogP) is 4.74. The minimum atomic E-state index is -0.0935. The standard InChI is InChI=1S/C17H14ClNO3S/c1-21-13-9-11(18)7-10-8-14(22-16(10)13)17(20)19-5-4-12(19)15-3-2-6-23-15/h2-3,6-9,12H,4-5H2,1H3. The molecule has 2 aromatic heterocycles. The van der Waals surface area contributed by atoms with Gasteiger partial charge in [0.1, 0.15) is 0 Å². The molecular formula is C17H14ClNO3S. The van der Waals surface area contributed by atoms with E-state index in [2.05, 4.69) is 6.07 Å². The van der Waals surface area contributed by atoms with Crippen molar-refractivity contribution in [1.29, 1.82) is 0 Å². The van der Waals surface area contributed by atoms with Gasteiger partial charge in [0.25, 0.3) is 5.91 Å². The van der Waals surface area contributed by atoms with Crippen LogP contribution in [0.1, 0.15) is 27.9 Å². The van der Waals surface area contributed by atoms with Crippen LogP contribution in [0.15, 0.2) is 40.1 Å². The lowest BCUT2D eigenvalue weighted by molar-refractivity contribution is 0.0437. The van der Waals surface area contributed by atoms with Crippen LogP contribution in [0.25, 0.3) is 11.0 Å². The number of likely N-dealkylation sites (tertiary alicyclic amines) is 1. The van der Waals surface area contributed by atoms with Gasteiger partial charge in [-0.2, -0.15) is 0 Å². The van der Waals surface area contributed by atoms with Gasteiger partial charge in [-0.15, -0.1) is 11.3 Å². The number of hydrogen-bond donors (Lipinski definition) is 0. The molecule has 4 nitrogen and oxygen atoms in total. The zero-order valence-corrected chi connectivity index (χ0v) is 14.0. The van der Waals surface area contributed by atoms with E-state index in [-0.39, 0.29) is 11.9 Å². The molecule has 1 fully saturated rings. The van der Waals surface area contributed by atoms with Crippen LogP contribution in [0.2, 0.25) is 5.02 Å². The highest BCUT2D eigenvalue weighted by Gasteiger charge is 2.36. The van der Waals surface area contributed by atoms with Crippen LogP contribution in [-0.2, 0) is 0 Å². The molecule has 3 aromatic rings. The highest BCUT2D eigenvalue weighted by Crippen LogP contribution is 2.38. The fraction of sp³-hybridized carbons (Fsp3) is 0.235. The monoisotopic (exact) mass is 347 g/mol. The fourth-order valence-electron chi connectivity index (χ4n) is 2.89. The van der Waals surface area contributed by atoms with Gasteiger partial charge >= 0.3 is 0 Å². The van der Waals surface area contributed by atoms with E-state index in [1.807, 2.05) is 16.3 Å². The molecule has 0 N–H and O–H groups in total. The van der Waals surface area contributed by atoms with Crippen molar-refractivity contribution in [2.24, 2.45) is 0 Å². The number of methoxy groups -OCH3 is 1. The summed E-state index contributed by atoms with van der Waals surface area (Å²) in [5, 5.41) is 3.35. The van der Waals surface area contributed by atoms with E-state index < -0.39 is 0 Å². The third kappa shape index (κ3) is 2.40. The van der Waals surface area contributed by atoms with E-state index in [0.29, 0.717) is 22.1 Å². The lowest BCUT2D eigenvalue weighted by Gasteiger charge is -2.39. The molecule has 1 amide bonds. The van der Waals surface area contributed by atoms with Crippen molar-refractivity contribution in [2.75, 3.05) is 13.7 Å². The Kier molecular flexibility index (Phi) is 3.54. The minimum absolute atomic E-state index is 0.0935. The molecule has 0 bridgehead atoms. The van der Waals surface area contributed by atoms with Crippen molar-refractivity contribution >= 4 is 39.8 Å². The molecule has 1 aromatic carbocycles. The molecule has 3 heterocycles. The molecule has 6 heteroatoms. The van der Waals surface area contributed by atoms with Crippen LogP contribution in [0, 0.1) is 0 Å². The van der Waals surface area contributed by atoms with Crippen LogP contribution < -0.4 is 4.74 Å². The number of thiophene rings is 1. The lowest BCUT2D eigenvalue weighted by atomic mass is 10.0. The molecule has 118 valence electrons. The molecule has 1 aliphatic rings. The zero-order valence-electron chi connectivity index (χ0n) is 12.4. The van der Waals surface area contributed by atoms with Crippen molar-refractivity contribution in [3.8, 4) is 5.75 Å². The summed E-state index contributed by atoms with van der Waals surface area (Å²) in [6.07, 6.45) is 0.988. The van der Waals surface area contributed by atoms with Crippen molar-refractivity contribution in [2.45, 2.75) is 12.5 Å². The number of hydrogen-bond acceptors (Lipinski definition) is 4. The molecule has 1 saturated heterocycles. The van der Waals surface area contributed by atoms with Gasteiger partial charge in [-0.25, -0.2) is 0 Å². The van der Waals surface area contributed by atoms with Gasteiger partial charge in [0.15, 0.2) is 17.1 Å². The summed E-state index contributed by atoms with van der Waals surface area (Å²) in [5.41, 5.74) is 0.549. The Morgan fingerprint density at radius 1 is 1.43 bits per heavy atom. The van der Waals surface area contributed by atoms with Crippen LogP contribution >= 0.6 is 22.9 Å². The van der Waals surface area contributed by atoms with Gasteiger partial charge in [-0.1, -0.05) is 17.7 Å². The summed E-state index contributed by atoms with van der Waals surface area (Å²) in [7, 11) is 1.55. The third-order valence-corrected chi connectivity index (χ3v) is 5.32. The number of benzene rings is 1. The van der Waals surface area contributed by atoms with Crippen LogP contribution in [0.3, 0.4) is 0 Å². The average Bonchev–Trinajstić information content (AvgIpc) is 3.14. The summed E-state index contributed by atoms with van der Waals surface area (Å²) < 4.78 is 11.0. The van der Waals surface area contributed by atoms with E-state index >= 15 is 0 Å². The van der Waals surface area contributed by atoms with E-state index in [0.717, 1.165) is 18.4 Å². The number of furan rings is 1.